The molecule has 11 heteroatoms. The third-order valence-corrected chi connectivity index (χ3v) is 9.15. The maximum atomic E-state index is 12.4. The third-order valence-electron chi connectivity index (χ3n) is 7.43. The van der Waals surface area contributed by atoms with Crippen molar-refractivity contribution in [1.29, 1.82) is 0 Å². The molecule has 8 nitrogen and oxygen atoms in total. The second kappa shape index (κ2) is 11.9. The summed E-state index contributed by atoms with van der Waals surface area (Å²) in [6.45, 7) is 1.88. The molecule has 0 aromatic heterocycles. The van der Waals surface area contributed by atoms with Gasteiger partial charge in [-0.1, -0.05) is 37.8 Å². The van der Waals surface area contributed by atoms with E-state index >= 15 is 0 Å². The molecule has 2 aliphatic heterocycles. The Bertz CT molecular complexity index is 1530. The molecule has 2 heterocycles. The Labute approximate surface area is 253 Å². The number of rotatable bonds is 5. The zero-order chi connectivity index (χ0) is 26.5. The van der Waals surface area contributed by atoms with Gasteiger partial charge in [-0.05, 0) is 77.8 Å². The van der Waals surface area contributed by atoms with Gasteiger partial charge < -0.3 is 18.9 Å². The molecule has 39 heavy (non-hydrogen) atoms. The molecule has 2 aliphatic rings. The molecule has 3 aromatic carbocycles. The van der Waals surface area contributed by atoms with Crippen LogP contribution in [-0.4, -0.2) is 53.1 Å². The smallest absolute Gasteiger partial charge is 0.744 e. The number of aryl methyl sites for hydroxylation is 2. The van der Waals surface area contributed by atoms with Gasteiger partial charge in [0.2, 0.25) is 0 Å². The Balaban J connectivity index is 0.00000210. The molecule has 0 aliphatic carbocycles. The Kier molecular flexibility index (Phi) is 9.64. The second-order valence-electron chi connectivity index (χ2n) is 9.87. The van der Waals surface area contributed by atoms with E-state index in [0.29, 0.717) is 6.07 Å². The summed E-state index contributed by atoms with van der Waals surface area (Å²) in [6, 6.07) is 15.0. The van der Waals surface area contributed by atoms with Gasteiger partial charge in [0.05, 0.1) is 9.79 Å². The number of anilines is 2. The molecule has 0 N–H and O–H groups in total. The van der Waals surface area contributed by atoms with E-state index in [1.165, 1.54) is 6.07 Å². The van der Waals surface area contributed by atoms with Crippen molar-refractivity contribution >= 4 is 31.6 Å². The zero-order valence-electron chi connectivity index (χ0n) is 21.7. The minimum Gasteiger partial charge on any atom is -0.744 e. The molecule has 3 aromatic rings. The summed E-state index contributed by atoms with van der Waals surface area (Å²) in [5, 5.41) is 0. The molecule has 0 saturated heterocycles. The molecule has 204 valence electrons. The van der Waals surface area contributed by atoms with Crippen LogP contribution in [0.2, 0.25) is 0 Å². The van der Waals surface area contributed by atoms with Gasteiger partial charge >= 0.3 is 29.6 Å². The van der Waals surface area contributed by atoms with E-state index in [2.05, 4.69) is 9.80 Å². The Hall–Kier alpha value is -1.92. The van der Waals surface area contributed by atoms with E-state index in [1.807, 2.05) is 50.5 Å². The van der Waals surface area contributed by atoms with E-state index in [-0.39, 0.29) is 42.5 Å². The minimum atomic E-state index is -5.10. The molecular formula is C28H32N2NaO6S2-. The van der Waals surface area contributed by atoms with Crippen LogP contribution in [0.25, 0.3) is 0 Å². The minimum absolute atomic E-state index is 0. The van der Waals surface area contributed by atoms with Gasteiger partial charge in [-0.3, -0.25) is 0 Å². The SMILES string of the molecule is C.CN1CCCc2cc(C(c3ccc4c(c3)CCCN4C)c3ccc(S(=O)(=O)[O-])cc3S(=O)(=O)[O-])ccc21.[Na+]. The van der Waals surface area contributed by atoms with Crippen molar-refractivity contribution in [2.24, 2.45) is 0 Å². The average molecular weight is 580 g/mol. The van der Waals surface area contributed by atoms with Crippen LogP contribution in [0.4, 0.5) is 11.4 Å². The van der Waals surface area contributed by atoms with Crippen LogP contribution in [0.1, 0.15) is 54.0 Å². The number of hydrogen-bond acceptors (Lipinski definition) is 8. The molecule has 0 bridgehead atoms. The van der Waals surface area contributed by atoms with Crippen molar-refractivity contribution in [1.82, 2.24) is 0 Å². The quantitative estimate of drug-likeness (QED) is 0.250. The fourth-order valence-corrected chi connectivity index (χ4v) is 6.96. The van der Waals surface area contributed by atoms with Crippen molar-refractivity contribution in [2.75, 3.05) is 37.0 Å². The monoisotopic (exact) mass is 579 g/mol. The van der Waals surface area contributed by atoms with Crippen molar-refractivity contribution in [3.8, 4) is 0 Å². The summed E-state index contributed by atoms with van der Waals surface area (Å²) in [7, 11) is -6.00. The zero-order valence-corrected chi connectivity index (χ0v) is 25.3. The topological polar surface area (TPSA) is 121 Å². The van der Waals surface area contributed by atoms with Gasteiger partial charge in [0.1, 0.15) is 20.2 Å². The van der Waals surface area contributed by atoms with Crippen LogP contribution in [0.3, 0.4) is 0 Å². The maximum Gasteiger partial charge on any atom is 1.00 e. The molecule has 0 saturated carbocycles. The molecule has 5 rings (SSSR count). The van der Waals surface area contributed by atoms with Gasteiger partial charge in [-0.25, -0.2) is 16.8 Å². The number of nitrogens with zero attached hydrogens (tertiary/aromatic N) is 2. The third kappa shape index (κ3) is 6.37. The van der Waals surface area contributed by atoms with Crippen LogP contribution in [0.15, 0.2) is 64.4 Å². The van der Waals surface area contributed by atoms with E-state index in [1.54, 1.807) is 0 Å². The molecular weight excluding hydrogens is 547 g/mol. The fourth-order valence-electron chi connectivity index (χ4n) is 5.65. The first-order valence-corrected chi connectivity index (χ1v) is 15.0. The van der Waals surface area contributed by atoms with E-state index in [9.17, 15) is 25.9 Å². The first-order chi connectivity index (χ1) is 17.4. The van der Waals surface area contributed by atoms with Gasteiger partial charge in [0, 0.05) is 44.5 Å². The van der Waals surface area contributed by atoms with Crippen molar-refractivity contribution in [3.63, 3.8) is 0 Å². The fraction of sp³-hybridized carbons (Fsp3) is 0.357. The van der Waals surface area contributed by atoms with Crippen LogP contribution in [0.5, 0.6) is 0 Å². The van der Waals surface area contributed by atoms with Gasteiger partial charge in [0.15, 0.2) is 0 Å². The summed E-state index contributed by atoms with van der Waals surface area (Å²) in [6.07, 6.45) is 3.71. The summed E-state index contributed by atoms with van der Waals surface area (Å²) in [5.41, 5.74) is 6.19. The largest absolute Gasteiger partial charge is 1.00 e. The Morgan fingerprint density at radius 3 is 1.64 bits per heavy atom. The van der Waals surface area contributed by atoms with Crippen LogP contribution >= 0.6 is 0 Å². The number of fused-ring (bicyclic) bond motifs is 2. The van der Waals surface area contributed by atoms with Crippen LogP contribution in [-0.2, 0) is 33.1 Å². The molecule has 0 radical (unpaired) electrons. The van der Waals surface area contributed by atoms with Gasteiger partial charge in [0.25, 0.3) is 0 Å². The molecule has 0 amide bonds. The van der Waals surface area contributed by atoms with Crippen molar-refractivity contribution < 1.29 is 55.5 Å². The predicted molar refractivity (Wildman–Crippen MR) is 146 cm³/mol. The number of hydrogen-bond donors (Lipinski definition) is 0. The van der Waals surface area contributed by atoms with Crippen molar-refractivity contribution in [2.45, 2.75) is 48.8 Å². The standard InChI is InChI=1S/C27H30N2O6S2.CH4.Na/c1-28-13-3-5-18-15-20(7-11-24(18)28)27(21-8-12-25-19(16-21)6-4-14-29(25)2)23-10-9-22(36(30,31)32)17-26(23)37(33,34)35;;/h7-12,15-17,27H,3-6,13-14H2,1-2H3,(H,30,31,32)(H,33,34,35);1H4;/q;;+1/p-2. The average Bonchev–Trinajstić information content (AvgIpc) is 2.83. The summed E-state index contributed by atoms with van der Waals surface area (Å²) < 4.78 is 72.1. The van der Waals surface area contributed by atoms with Crippen molar-refractivity contribution in [3.05, 3.63) is 82.4 Å². The van der Waals surface area contributed by atoms with E-state index in [4.69, 9.17) is 0 Å². The van der Waals surface area contributed by atoms with E-state index in [0.717, 1.165) is 78.5 Å². The number of benzene rings is 3. The summed E-state index contributed by atoms with van der Waals surface area (Å²) >= 11 is 0. The van der Waals surface area contributed by atoms with Crippen LogP contribution in [0, 0.1) is 0 Å². The van der Waals surface area contributed by atoms with Crippen LogP contribution < -0.4 is 39.4 Å². The second-order valence-corrected chi connectivity index (χ2v) is 12.6. The molecule has 0 atom stereocenters. The summed E-state index contributed by atoms with van der Waals surface area (Å²) in [4.78, 5) is 2.91. The summed E-state index contributed by atoms with van der Waals surface area (Å²) in [5.74, 6) is -0.655. The normalized spacial score (nSPS) is 15.2. The molecule has 0 spiro atoms. The maximum absolute atomic E-state index is 12.4. The van der Waals surface area contributed by atoms with Gasteiger partial charge in [-0.2, -0.15) is 0 Å². The Morgan fingerprint density at radius 2 is 1.21 bits per heavy atom. The van der Waals surface area contributed by atoms with E-state index < -0.39 is 35.9 Å². The Morgan fingerprint density at radius 1 is 0.718 bits per heavy atom. The molecule has 0 unspecified atom stereocenters. The van der Waals surface area contributed by atoms with Gasteiger partial charge in [-0.15, -0.1) is 0 Å². The first-order valence-electron chi connectivity index (χ1n) is 12.2. The first kappa shape index (κ1) is 31.6. The predicted octanol–water partition coefficient (Wildman–Crippen LogP) is 1.08. The molecule has 0 fully saturated rings.